The molecule has 1 atom stereocenters. The van der Waals surface area contributed by atoms with E-state index in [1.165, 1.54) is 11.2 Å². The molecule has 124 valence electrons. The topological polar surface area (TPSA) is 59.8 Å². The van der Waals surface area contributed by atoms with Crippen LogP contribution in [-0.2, 0) is 11.2 Å². The third kappa shape index (κ3) is 4.29. The number of aryl methyl sites for hydroxylation is 1. The van der Waals surface area contributed by atoms with Gasteiger partial charge in [0, 0.05) is 11.3 Å². The monoisotopic (exact) mass is 340 g/mol. The maximum Gasteiger partial charge on any atom is 0.220 e. The van der Waals surface area contributed by atoms with Crippen LogP contribution in [0.1, 0.15) is 36.2 Å². The standard InChI is InChI=1S/C18H20N4OS/c1-14(21-18(23)6-2-4-17-5-3-11-24-17)15-7-9-16(10-8-15)22-13-19-12-20-22/h3,5,7-14H,2,4,6H2,1H3,(H,21,23)/t14-/m0/s1. The quantitative estimate of drug-likeness (QED) is 0.716. The number of carbonyl (C=O) groups is 1. The molecule has 1 aromatic carbocycles. The van der Waals surface area contributed by atoms with Crippen LogP contribution < -0.4 is 5.32 Å². The molecule has 1 amide bonds. The molecular weight excluding hydrogens is 320 g/mol. The van der Waals surface area contributed by atoms with Crippen molar-refractivity contribution in [3.63, 3.8) is 0 Å². The number of aromatic nitrogens is 3. The smallest absolute Gasteiger partial charge is 0.220 e. The Morgan fingerprint density at radius 3 is 2.79 bits per heavy atom. The van der Waals surface area contributed by atoms with Gasteiger partial charge in [0.05, 0.1) is 11.7 Å². The lowest BCUT2D eigenvalue weighted by molar-refractivity contribution is -0.121. The average Bonchev–Trinajstić information content (AvgIpc) is 3.29. The molecule has 6 heteroatoms. The van der Waals surface area contributed by atoms with Crippen LogP contribution in [0.5, 0.6) is 0 Å². The first-order valence-corrected chi connectivity index (χ1v) is 8.87. The summed E-state index contributed by atoms with van der Waals surface area (Å²) in [5.41, 5.74) is 2.02. The minimum Gasteiger partial charge on any atom is -0.350 e. The largest absolute Gasteiger partial charge is 0.350 e. The normalized spacial score (nSPS) is 12.0. The molecular formula is C18H20N4OS. The van der Waals surface area contributed by atoms with Crippen molar-refractivity contribution < 1.29 is 4.79 Å². The zero-order valence-corrected chi connectivity index (χ0v) is 14.4. The molecule has 5 nitrogen and oxygen atoms in total. The van der Waals surface area contributed by atoms with E-state index in [-0.39, 0.29) is 11.9 Å². The predicted molar refractivity (Wildman–Crippen MR) is 95.2 cm³/mol. The van der Waals surface area contributed by atoms with Gasteiger partial charge in [-0.1, -0.05) is 18.2 Å². The van der Waals surface area contributed by atoms with E-state index in [2.05, 4.69) is 26.8 Å². The van der Waals surface area contributed by atoms with Gasteiger partial charge < -0.3 is 5.32 Å². The van der Waals surface area contributed by atoms with Crippen LogP contribution in [0.25, 0.3) is 5.69 Å². The van der Waals surface area contributed by atoms with Crippen molar-refractivity contribution in [3.8, 4) is 5.69 Å². The summed E-state index contributed by atoms with van der Waals surface area (Å²) in [6, 6.07) is 12.1. The highest BCUT2D eigenvalue weighted by Gasteiger charge is 2.10. The van der Waals surface area contributed by atoms with E-state index in [9.17, 15) is 4.79 Å². The number of nitrogens with zero attached hydrogens (tertiary/aromatic N) is 3. The highest BCUT2D eigenvalue weighted by molar-refractivity contribution is 7.09. The fourth-order valence-corrected chi connectivity index (χ4v) is 3.28. The van der Waals surface area contributed by atoms with Crippen molar-refractivity contribution in [1.82, 2.24) is 20.1 Å². The highest BCUT2D eigenvalue weighted by atomic mass is 32.1. The molecule has 3 aromatic rings. The first-order valence-electron chi connectivity index (χ1n) is 7.99. The molecule has 2 aromatic heterocycles. The summed E-state index contributed by atoms with van der Waals surface area (Å²) in [5.74, 6) is 0.0967. The summed E-state index contributed by atoms with van der Waals surface area (Å²) < 4.78 is 1.71. The summed E-state index contributed by atoms with van der Waals surface area (Å²) in [5, 5.41) is 9.23. The van der Waals surface area contributed by atoms with Crippen molar-refractivity contribution in [1.29, 1.82) is 0 Å². The number of thiophene rings is 1. The van der Waals surface area contributed by atoms with Gasteiger partial charge in [-0.3, -0.25) is 4.79 Å². The maximum absolute atomic E-state index is 12.1. The molecule has 0 unspecified atom stereocenters. The molecule has 1 N–H and O–H groups in total. The minimum absolute atomic E-state index is 0.0102. The SMILES string of the molecule is C[C@H](NC(=O)CCCc1cccs1)c1ccc(-n2cncn2)cc1. The first kappa shape index (κ1) is 16.4. The van der Waals surface area contributed by atoms with E-state index in [1.807, 2.05) is 37.3 Å². The molecule has 0 aliphatic carbocycles. The second kappa shape index (κ2) is 7.88. The number of hydrogen-bond donors (Lipinski definition) is 1. The maximum atomic E-state index is 12.1. The minimum atomic E-state index is -0.0102. The van der Waals surface area contributed by atoms with Gasteiger partial charge in [-0.05, 0) is 48.9 Å². The van der Waals surface area contributed by atoms with Gasteiger partial charge in [0.2, 0.25) is 5.91 Å². The van der Waals surface area contributed by atoms with Crippen molar-refractivity contribution in [2.45, 2.75) is 32.2 Å². The van der Waals surface area contributed by atoms with Crippen molar-refractivity contribution >= 4 is 17.2 Å². The van der Waals surface area contributed by atoms with E-state index in [4.69, 9.17) is 0 Å². The summed E-state index contributed by atoms with van der Waals surface area (Å²) >= 11 is 1.74. The second-order valence-corrected chi connectivity index (χ2v) is 6.69. The average molecular weight is 340 g/mol. The molecule has 0 radical (unpaired) electrons. The lowest BCUT2D eigenvalue weighted by Gasteiger charge is -2.15. The number of amides is 1. The Balaban J connectivity index is 1.48. The third-order valence-electron chi connectivity index (χ3n) is 3.86. The molecule has 2 heterocycles. The zero-order chi connectivity index (χ0) is 16.8. The third-order valence-corrected chi connectivity index (χ3v) is 4.80. The number of nitrogens with one attached hydrogen (secondary N) is 1. The molecule has 0 aliphatic heterocycles. The molecule has 0 aliphatic rings. The number of hydrogen-bond acceptors (Lipinski definition) is 4. The molecule has 0 saturated carbocycles. The summed E-state index contributed by atoms with van der Waals surface area (Å²) in [6.07, 6.45) is 5.57. The Bertz CT molecular complexity index is 751. The number of carbonyl (C=O) groups excluding carboxylic acids is 1. The van der Waals surface area contributed by atoms with Crippen LogP contribution in [0.4, 0.5) is 0 Å². The molecule has 3 rings (SSSR count). The first-order chi connectivity index (χ1) is 11.7. The molecule has 24 heavy (non-hydrogen) atoms. The molecule has 0 fully saturated rings. The fourth-order valence-electron chi connectivity index (χ4n) is 2.53. The van der Waals surface area contributed by atoms with Crippen LogP contribution in [0.15, 0.2) is 54.4 Å². The van der Waals surface area contributed by atoms with E-state index in [1.54, 1.807) is 22.3 Å². The van der Waals surface area contributed by atoms with Gasteiger partial charge in [0.25, 0.3) is 0 Å². The van der Waals surface area contributed by atoms with Crippen LogP contribution in [0.2, 0.25) is 0 Å². The Morgan fingerprint density at radius 2 is 2.12 bits per heavy atom. The molecule has 0 saturated heterocycles. The number of rotatable bonds is 7. The van der Waals surface area contributed by atoms with Crippen LogP contribution in [0, 0.1) is 0 Å². The predicted octanol–water partition coefficient (Wildman–Crippen LogP) is 3.53. The van der Waals surface area contributed by atoms with Crippen LogP contribution >= 0.6 is 11.3 Å². The van der Waals surface area contributed by atoms with Gasteiger partial charge >= 0.3 is 0 Å². The van der Waals surface area contributed by atoms with Crippen LogP contribution in [-0.4, -0.2) is 20.7 Å². The van der Waals surface area contributed by atoms with Crippen LogP contribution in [0.3, 0.4) is 0 Å². The van der Waals surface area contributed by atoms with Gasteiger partial charge in [0.15, 0.2) is 0 Å². The van der Waals surface area contributed by atoms with E-state index >= 15 is 0 Å². The van der Waals surface area contributed by atoms with Crippen molar-refractivity contribution in [2.75, 3.05) is 0 Å². The lowest BCUT2D eigenvalue weighted by atomic mass is 10.1. The Hall–Kier alpha value is -2.47. The number of benzene rings is 1. The zero-order valence-electron chi connectivity index (χ0n) is 13.6. The van der Waals surface area contributed by atoms with E-state index in [0.717, 1.165) is 24.1 Å². The summed E-state index contributed by atoms with van der Waals surface area (Å²) in [6.45, 7) is 2.00. The van der Waals surface area contributed by atoms with Gasteiger partial charge in [0.1, 0.15) is 12.7 Å². The van der Waals surface area contributed by atoms with Gasteiger partial charge in [-0.2, -0.15) is 5.10 Å². The Labute approximate surface area is 145 Å². The van der Waals surface area contributed by atoms with E-state index < -0.39 is 0 Å². The van der Waals surface area contributed by atoms with Crippen molar-refractivity contribution in [3.05, 3.63) is 64.9 Å². The Morgan fingerprint density at radius 1 is 1.29 bits per heavy atom. The van der Waals surface area contributed by atoms with E-state index in [0.29, 0.717) is 6.42 Å². The lowest BCUT2D eigenvalue weighted by Crippen LogP contribution is -2.26. The second-order valence-electron chi connectivity index (χ2n) is 5.65. The van der Waals surface area contributed by atoms with Crippen molar-refractivity contribution in [2.24, 2.45) is 0 Å². The molecule has 0 spiro atoms. The Kier molecular flexibility index (Phi) is 5.38. The summed E-state index contributed by atoms with van der Waals surface area (Å²) in [4.78, 5) is 17.3. The highest BCUT2D eigenvalue weighted by Crippen LogP contribution is 2.16. The van der Waals surface area contributed by atoms with Gasteiger partial charge in [-0.25, -0.2) is 9.67 Å². The fraction of sp³-hybridized carbons (Fsp3) is 0.278. The molecule has 0 bridgehead atoms. The van der Waals surface area contributed by atoms with Gasteiger partial charge in [-0.15, -0.1) is 11.3 Å². The summed E-state index contributed by atoms with van der Waals surface area (Å²) in [7, 11) is 0.